The highest BCUT2D eigenvalue weighted by molar-refractivity contribution is 7.99. The van der Waals surface area contributed by atoms with Gasteiger partial charge < -0.3 is 10.1 Å². The third-order valence-corrected chi connectivity index (χ3v) is 6.48. The summed E-state index contributed by atoms with van der Waals surface area (Å²) in [6, 6.07) is 5.08. The maximum absolute atomic E-state index is 13.8. The molecule has 1 fully saturated rings. The van der Waals surface area contributed by atoms with Crippen molar-refractivity contribution in [2.75, 3.05) is 17.7 Å². The molecule has 1 aromatic carbocycles. The molecule has 10 heteroatoms. The highest BCUT2D eigenvalue weighted by Crippen LogP contribution is 2.29. The lowest BCUT2D eigenvalue weighted by Gasteiger charge is -2.14. The maximum Gasteiger partial charge on any atom is 0.234 e. The summed E-state index contributed by atoms with van der Waals surface area (Å²) in [4.78, 5) is 13.5. The number of carbonyl (C=O) groups excluding carboxylic acids is 1. The second-order valence-corrected chi connectivity index (χ2v) is 9.02. The van der Waals surface area contributed by atoms with Crippen LogP contribution in [0.25, 0.3) is 11.4 Å². The van der Waals surface area contributed by atoms with E-state index >= 15 is 0 Å². The monoisotopic (exact) mass is 450 g/mol. The molecular weight excluding hydrogens is 430 g/mol. The third kappa shape index (κ3) is 4.88. The minimum atomic E-state index is -0.815. The average Bonchev–Trinajstić information content (AvgIpc) is 3.45. The summed E-state index contributed by atoms with van der Waals surface area (Å²) in [6.45, 7) is 3.38. The first kappa shape index (κ1) is 21.0. The van der Waals surface area contributed by atoms with Gasteiger partial charge in [-0.2, -0.15) is 0 Å². The van der Waals surface area contributed by atoms with Gasteiger partial charge in [0.2, 0.25) is 5.91 Å². The zero-order chi connectivity index (χ0) is 21.1. The average molecular weight is 451 g/mol. The fourth-order valence-corrected chi connectivity index (χ4v) is 4.66. The number of benzene rings is 1. The topological polar surface area (TPSA) is 69.0 Å². The molecule has 3 aromatic rings. The molecule has 1 amide bonds. The van der Waals surface area contributed by atoms with Crippen molar-refractivity contribution in [1.29, 1.82) is 0 Å². The number of amides is 1. The van der Waals surface area contributed by atoms with Crippen LogP contribution in [0.5, 0.6) is 0 Å². The number of rotatable bonds is 7. The molecule has 3 heterocycles. The number of nitrogens with zero attached hydrogens (tertiary/aromatic N) is 3. The van der Waals surface area contributed by atoms with Crippen LogP contribution in [-0.2, 0) is 16.1 Å². The Bertz CT molecular complexity index is 1050. The van der Waals surface area contributed by atoms with Gasteiger partial charge >= 0.3 is 0 Å². The van der Waals surface area contributed by atoms with Crippen LogP contribution in [0.2, 0.25) is 0 Å². The van der Waals surface area contributed by atoms with E-state index < -0.39 is 17.5 Å². The number of anilines is 1. The number of nitrogens with one attached hydrogen (secondary N) is 1. The molecule has 1 N–H and O–H groups in total. The van der Waals surface area contributed by atoms with Crippen molar-refractivity contribution in [2.24, 2.45) is 0 Å². The number of thiophene rings is 1. The zero-order valence-corrected chi connectivity index (χ0v) is 17.9. The maximum atomic E-state index is 13.8. The Labute approximate surface area is 180 Å². The summed E-state index contributed by atoms with van der Waals surface area (Å²) < 4.78 is 34.5. The van der Waals surface area contributed by atoms with Gasteiger partial charge in [0.15, 0.2) is 11.0 Å². The molecular formula is C20H20F2N4O2S2. The summed E-state index contributed by atoms with van der Waals surface area (Å²) in [7, 11) is 0. The Hall–Kier alpha value is -2.30. The van der Waals surface area contributed by atoms with Crippen LogP contribution in [0.3, 0.4) is 0 Å². The number of hydrogen-bond donors (Lipinski definition) is 1. The van der Waals surface area contributed by atoms with E-state index in [9.17, 15) is 13.6 Å². The van der Waals surface area contributed by atoms with Crippen molar-refractivity contribution in [2.45, 2.75) is 37.6 Å². The van der Waals surface area contributed by atoms with Crippen LogP contribution in [0, 0.1) is 18.6 Å². The molecule has 0 saturated carbocycles. The lowest BCUT2D eigenvalue weighted by atomic mass is 10.2. The summed E-state index contributed by atoms with van der Waals surface area (Å²) >= 11 is 2.85. The standard InChI is InChI=1S/C20H20F2N4O2S2/c1-12-7-13(10-29-12)19-24-25-20(26(19)9-15-3-2-6-28-15)30-11-18(27)23-17-5-4-14(21)8-16(17)22/h4-5,7-8,10,15H,2-3,6,9,11H2,1H3,(H,23,27). The number of aromatic nitrogens is 3. The molecule has 0 aliphatic carbocycles. The van der Waals surface area contributed by atoms with E-state index in [-0.39, 0.29) is 17.5 Å². The van der Waals surface area contributed by atoms with Crippen LogP contribution in [0.1, 0.15) is 17.7 Å². The molecule has 1 aliphatic heterocycles. The number of carbonyl (C=O) groups is 1. The molecule has 6 nitrogen and oxygen atoms in total. The second-order valence-electron chi connectivity index (χ2n) is 6.96. The number of hydrogen-bond acceptors (Lipinski definition) is 6. The van der Waals surface area contributed by atoms with Gasteiger partial charge in [0.1, 0.15) is 11.6 Å². The Balaban J connectivity index is 1.48. The van der Waals surface area contributed by atoms with Crippen LogP contribution in [0.15, 0.2) is 34.8 Å². The second kappa shape index (κ2) is 9.23. The van der Waals surface area contributed by atoms with Crippen molar-refractivity contribution in [1.82, 2.24) is 14.8 Å². The van der Waals surface area contributed by atoms with Gasteiger partial charge in [0.25, 0.3) is 0 Å². The van der Waals surface area contributed by atoms with E-state index in [4.69, 9.17) is 4.74 Å². The van der Waals surface area contributed by atoms with Gasteiger partial charge in [-0.1, -0.05) is 11.8 Å². The minimum absolute atomic E-state index is 0.0170. The van der Waals surface area contributed by atoms with Gasteiger partial charge in [-0.3, -0.25) is 9.36 Å². The number of ether oxygens (including phenoxy) is 1. The molecule has 4 rings (SSSR count). The van der Waals surface area contributed by atoms with E-state index in [1.165, 1.54) is 22.7 Å². The van der Waals surface area contributed by atoms with Crippen LogP contribution >= 0.6 is 23.1 Å². The zero-order valence-electron chi connectivity index (χ0n) is 16.2. The lowest BCUT2D eigenvalue weighted by molar-refractivity contribution is -0.113. The molecule has 0 radical (unpaired) electrons. The van der Waals surface area contributed by atoms with E-state index in [1.54, 1.807) is 11.3 Å². The largest absolute Gasteiger partial charge is 0.376 e. The molecule has 1 atom stereocenters. The lowest BCUT2D eigenvalue weighted by Crippen LogP contribution is -2.18. The van der Waals surface area contributed by atoms with Crippen LogP contribution in [0.4, 0.5) is 14.5 Å². The number of thioether (sulfide) groups is 1. The molecule has 158 valence electrons. The SMILES string of the molecule is Cc1cc(-c2nnc(SCC(=O)Nc3ccc(F)cc3F)n2CC2CCCO2)cs1. The van der Waals surface area contributed by atoms with Crippen molar-refractivity contribution in [3.05, 3.63) is 46.2 Å². The van der Waals surface area contributed by atoms with Crippen molar-refractivity contribution in [3.63, 3.8) is 0 Å². The van der Waals surface area contributed by atoms with E-state index in [0.717, 1.165) is 43.0 Å². The smallest absolute Gasteiger partial charge is 0.234 e. The van der Waals surface area contributed by atoms with Crippen molar-refractivity contribution >= 4 is 34.7 Å². The van der Waals surface area contributed by atoms with Crippen molar-refractivity contribution in [3.8, 4) is 11.4 Å². The van der Waals surface area contributed by atoms with Gasteiger partial charge in [0.05, 0.1) is 24.1 Å². The number of aryl methyl sites for hydroxylation is 1. The van der Waals surface area contributed by atoms with Crippen LogP contribution < -0.4 is 5.32 Å². The van der Waals surface area contributed by atoms with Crippen LogP contribution in [-0.4, -0.2) is 39.1 Å². The van der Waals surface area contributed by atoms with E-state index in [0.29, 0.717) is 11.7 Å². The molecule has 1 saturated heterocycles. The molecule has 1 aliphatic rings. The van der Waals surface area contributed by atoms with Gasteiger partial charge in [-0.05, 0) is 38.0 Å². The predicted molar refractivity (Wildman–Crippen MR) is 113 cm³/mol. The highest BCUT2D eigenvalue weighted by atomic mass is 32.2. The first-order valence-electron chi connectivity index (χ1n) is 9.47. The van der Waals surface area contributed by atoms with Crippen molar-refractivity contribution < 1.29 is 18.3 Å². The predicted octanol–water partition coefficient (Wildman–Crippen LogP) is 4.50. The number of halogens is 2. The van der Waals surface area contributed by atoms with Gasteiger partial charge in [0, 0.05) is 28.5 Å². The summed E-state index contributed by atoms with van der Waals surface area (Å²) in [5.74, 6) is -1.17. The van der Waals surface area contributed by atoms with E-state index in [1.807, 2.05) is 16.9 Å². The molecule has 30 heavy (non-hydrogen) atoms. The fraction of sp³-hybridized carbons (Fsp3) is 0.350. The highest BCUT2D eigenvalue weighted by Gasteiger charge is 2.22. The minimum Gasteiger partial charge on any atom is -0.376 e. The van der Waals surface area contributed by atoms with Gasteiger partial charge in [-0.15, -0.1) is 21.5 Å². The van der Waals surface area contributed by atoms with Gasteiger partial charge in [-0.25, -0.2) is 8.78 Å². The fourth-order valence-electron chi connectivity index (χ4n) is 3.23. The summed E-state index contributed by atoms with van der Waals surface area (Å²) in [5.41, 5.74) is 0.921. The first-order chi connectivity index (χ1) is 14.5. The normalized spacial score (nSPS) is 16.2. The molecule has 1 unspecified atom stereocenters. The third-order valence-electron chi connectivity index (χ3n) is 4.65. The quantitative estimate of drug-likeness (QED) is 0.537. The summed E-state index contributed by atoms with van der Waals surface area (Å²) in [5, 5.41) is 13.7. The molecule has 0 spiro atoms. The van der Waals surface area contributed by atoms with E-state index in [2.05, 4.69) is 21.6 Å². The Morgan fingerprint density at radius 3 is 2.93 bits per heavy atom. The Morgan fingerprint density at radius 2 is 2.23 bits per heavy atom. The Morgan fingerprint density at radius 1 is 1.37 bits per heavy atom. The molecule has 0 bridgehead atoms. The Kier molecular flexibility index (Phi) is 6.45. The first-order valence-corrected chi connectivity index (χ1v) is 11.3. The molecule has 2 aromatic heterocycles. The summed E-state index contributed by atoms with van der Waals surface area (Å²) in [6.07, 6.45) is 2.07.